The van der Waals surface area contributed by atoms with Crippen molar-refractivity contribution in [2.24, 2.45) is 11.7 Å². The van der Waals surface area contributed by atoms with Crippen LogP contribution in [0, 0.1) is 5.92 Å². The molecule has 1 heterocycles. The molecule has 0 bridgehead atoms. The van der Waals surface area contributed by atoms with Crippen molar-refractivity contribution in [2.75, 3.05) is 0 Å². The van der Waals surface area contributed by atoms with Gasteiger partial charge in [-0.25, -0.2) is 0 Å². The van der Waals surface area contributed by atoms with Gasteiger partial charge in [-0.2, -0.15) is 0 Å². The van der Waals surface area contributed by atoms with Gasteiger partial charge in [0.15, 0.2) is 0 Å². The van der Waals surface area contributed by atoms with Crippen LogP contribution in [0.3, 0.4) is 0 Å². The van der Waals surface area contributed by atoms with Crippen LogP contribution < -0.4 is 5.73 Å². The van der Waals surface area contributed by atoms with Crippen molar-refractivity contribution in [1.29, 1.82) is 0 Å². The molecule has 0 saturated heterocycles. The van der Waals surface area contributed by atoms with Crippen molar-refractivity contribution in [3.05, 3.63) is 22.6 Å². The second-order valence-corrected chi connectivity index (χ2v) is 4.69. The second kappa shape index (κ2) is 3.46. The molecule has 2 nitrogen and oxygen atoms in total. The molecule has 3 atom stereocenters. The Morgan fingerprint density at radius 3 is 2.77 bits per heavy atom. The molecule has 1 aromatic rings. The first kappa shape index (κ1) is 9.28. The van der Waals surface area contributed by atoms with E-state index in [9.17, 15) is 0 Å². The van der Waals surface area contributed by atoms with Gasteiger partial charge in [0.25, 0.3) is 0 Å². The Morgan fingerprint density at radius 2 is 2.31 bits per heavy atom. The van der Waals surface area contributed by atoms with E-state index in [1.54, 1.807) is 6.26 Å². The van der Waals surface area contributed by atoms with Gasteiger partial charge in [0, 0.05) is 12.0 Å². The predicted octanol–water partition coefficient (Wildman–Crippen LogP) is 2.88. The van der Waals surface area contributed by atoms with Crippen LogP contribution in [-0.2, 0) is 0 Å². The zero-order valence-corrected chi connectivity index (χ0v) is 9.25. The van der Waals surface area contributed by atoms with E-state index in [4.69, 9.17) is 10.2 Å². The molecule has 0 spiro atoms. The third kappa shape index (κ3) is 1.55. The maximum atomic E-state index is 5.97. The standard InChI is InChI=1S/C10H14BrNO/c1-6-7(2-3-9(6)12)10-8(11)4-5-13-10/h4-7,9H,2-3,12H2,1H3. The lowest BCUT2D eigenvalue weighted by molar-refractivity contribution is 0.396. The maximum absolute atomic E-state index is 5.97. The molecule has 0 radical (unpaired) electrons. The molecule has 72 valence electrons. The average Bonchev–Trinajstić information content (AvgIpc) is 2.62. The summed E-state index contributed by atoms with van der Waals surface area (Å²) in [6.45, 7) is 2.21. The fourth-order valence-corrected chi connectivity index (χ4v) is 2.63. The largest absolute Gasteiger partial charge is 0.468 e. The summed E-state index contributed by atoms with van der Waals surface area (Å²) in [4.78, 5) is 0. The second-order valence-electron chi connectivity index (χ2n) is 3.84. The average molecular weight is 244 g/mol. The van der Waals surface area contributed by atoms with Crippen molar-refractivity contribution >= 4 is 15.9 Å². The zero-order chi connectivity index (χ0) is 9.42. The van der Waals surface area contributed by atoms with Gasteiger partial charge < -0.3 is 10.2 Å². The molecule has 1 aromatic heterocycles. The van der Waals surface area contributed by atoms with E-state index in [-0.39, 0.29) is 0 Å². The molecule has 0 aromatic carbocycles. The highest BCUT2D eigenvalue weighted by molar-refractivity contribution is 9.10. The lowest BCUT2D eigenvalue weighted by atomic mass is 9.94. The molecule has 3 unspecified atom stereocenters. The van der Waals surface area contributed by atoms with Crippen molar-refractivity contribution in [3.63, 3.8) is 0 Å². The van der Waals surface area contributed by atoms with E-state index in [1.165, 1.54) is 0 Å². The summed E-state index contributed by atoms with van der Waals surface area (Å²) in [6, 6.07) is 2.29. The predicted molar refractivity (Wildman–Crippen MR) is 55.5 cm³/mol. The minimum Gasteiger partial charge on any atom is -0.468 e. The highest BCUT2D eigenvalue weighted by Gasteiger charge is 2.34. The summed E-state index contributed by atoms with van der Waals surface area (Å²) < 4.78 is 6.55. The van der Waals surface area contributed by atoms with E-state index in [0.717, 1.165) is 23.1 Å². The van der Waals surface area contributed by atoms with Crippen LogP contribution in [0.25, 0.3) is 0 Å². The van der Waals surface area contributed by atoms with Crippen molar-refractivity contribution in [1.82, 2.24) is 0 Å². The summed E-state index contributed by atoms with van der Waals surface area (Å²) >= 11 is 3.49. The molecule has 0 amide bonds. The number of furan rings is 1. The number of hydrogen-bond donors (Lipinski definition) is 1. The third-order valence-electron chi connectivity index (χ3n) is 3.10. The molecule has 1 fully saturated rings. The van der Waals surface area contributed by atoms with E-state index < -0.39 is 0 Å². The van der Waals surface area contributed by atoms with Gasteiger partial charge in [-0.3, -0.25) is 0 Å². The lowest BCUT2D eigenvalue weighted by Crippen LogP contribution is -2.24. The van der Waals surface area contributed by atoms with Crippen LogP contribution in [0.4, 0.5) is 0 Å². The number of hydrogen-bond acceptors (Lipinski definition) is 2. The minimum atomic E-state index is 0.335. The van der Waals surface area contributed by atoms with Crippen molar-refractivity contribution < 1.29 is 4.42 Å². The molecule has 0 aliphatic heterocycles. The van der Waals surface area contributed by atoms with Crippen LogP contribution in [0.15, 0.2) is 21.2 Å². The van der Waals surface area contributed by atoms with Crippen molar-refractivity contribution in [3.8, 4) is 0 Å². The first-order chi connectivity index (χ1) is 6.20. The Hall–Kier alpha value is -0.280. The summed E-state index contributed by atoms with van der Waals surface area (Å²) in [7, 11) is 0. The van der Waals surface area contributed by atoms with E-state index in [0.29, 0.717) is 17.9 Å². The Kier molecular flexibility index (Phi) is 2.47. The van der Waals surface area contributed by atoms with E-state index >= 15 is 0 Å². The molecule has 13 heavy (non-hydrogen) atoms. The van der Waals surface area contributed by atoms with E-state index in [2.05, 4.69) is 22.9 Å². The Morgan fingerprint density at radius 1 is 1.54 bits per heavy atom. The normalized spacial score (nSPS) is 33.9. The smallest absolute Gasteiger partial charge is 0.121 e. The van der Waals surface area contributed by atoms with Crippen LogP contribution in [0.5, 0.6) is 0 Å². The SMILES string of the molecule is CC1C(N)CCC1c1occc1Br. The van der Waals surface area contributed by atoms with Gasteiger partial charge in [0.2, 0.25) is 0 Å². The van der Waals surface area contributed by atoms with Gasteiger partial charge in [-0.15, -0.1) is 0 Å². The minimum absolute atomic E-state index is 0.335. The lowest BCUT2D eigenvalue weighted by Gasteiger charge is -2.15. The van der Waals surface area contributed by atoms with Gasteiger partial charge in [0.05, 0.1) is 10.7 Å². The Bertz CT molecular complexity index is 297. The first-order valence-electron chi connectivity index (χ1n) is 4.68. The maximum Gasteiger partial charge on any atom is 0.121 e. The Labute approximate surface area is 86.6 Å². The Balaban J connectivity index is 2.23. The quantitative estimate of drug-likeness (QED) is 0.824. The van der Waals surface area contributed by atoms with Crippen molar-refractivity contribution in [2.45, 2.75) is 31.7 Å². The number of halogens is 1. The summed E-state index contributed by atoms with van der Waals surface area (Å²) in [6.07, 6.45) is 3.99. The summed E-state index contributed by atoms with van der Waals surface area (Å²) in [5.41, 5.74) is 5.97. The fourth-order valence-electron chi connectivity index (χ4n) is 2.14. The van der Waals surface area contributed by atoms with Gasteiger partial charge in [-0.05, 0) is 40.8 Å². The van der Waals surface area contributed by atoms with Crippen LogP contribution in [0.2, 0.25) is 0 Å². The molecule has 2 N–H and O–H groups in total. The highest BCUT2D eigenvalue weighted by atomic mass is 79.9. The topological polar surface area (TPSA) is 39.2 Å². The fraction of sp³-hybridized carbons (Fsp3) is 0.600. The van der Waals surface area contributed by atoms with Gasteiger partial charge in [-0.1, -0.05) is 6.92 Å². The van der Waals surface area contributed by atoms with E-state index in [1.807, 2.05) is 6.07 Å². The molecule has 3 heteroatoms. The highest BCUT2D eigenvalue weighted by Crippen LogP contribution is 2.41. The number of nitrogens with two attached hydrogens (primary N) is 1. The summed E-state index contributed by atoms with van der Waals surface area (Å²) in [5, 5.41) is 0. The third-order valence-corrected chi connectivity index (χ3v) is 3.76. The van der Waals surface area contributed by atoms with Gasteiger partial charge >= 0.3 is 0 Å². The monoisotopic (exact) mass is 243 g/mol. The van der Waals surface area contributed by atoms with Crippen LogP contribution >= 0.6 is 15.9 Å². The molecule has 2 rings (SSSR count). The number of rotatable bonds is 1. The zero-order valence-electron chi connectivity index (χ0n) is 7.66. The molecular weight excluding hydrogens is 230 g/mol. The van der Waals surface area contributed by atoms with Crippen LogP contribution in [0.1, 0.15) is 31.4 Å². The molecule has 1 aliphatic rings. The first-order valence-corrected chi connectivity index (χ1v) is 5.48. The molecule has 1 saturated carbocycles. The summed E-state index contributed by atoms with van der Waals surface area (Å²) in [5.74, 6) is 2.10. The van der Waals surface area contributed by atoms with Gasteiger partial charge in [0.1, 0.15) is 5.76 Å². The molecule has 1 aliphatic carbocycles. The van der Waals surface area contributed by atoms with Crippen LogP contribution in [-0.4, -0.2) is 6.04 Å². The molecular formula is C10H14BrNO.